The van der Waals surface area contributed by atoms with Gasteiger partial charge < -0.3 is 5.32 Å². The molecule has 2 nitrogen and oxygen atoms in total. The van der Waals surface area contributed by atoms with E-state index < -0.39 is 0 Å². The van der Waals surface area contributed by atoms with Crippen LogP contribution in [-0.2, 0) is 0 Å². The Morgan fingerprint density at radius 2 is 2.13 bits per heavy atom. The molecule has 1 atom stereocenters. The average Bonchev–Trinajstić information content (AvgIpc) is 2.50. The Morgan fingerprint density at radius 3 is 2.53 bits per heavy atom. The highest BCUT2D eigenvalue weighted by atomic mass is 32.1. The van der Waals surface area contributed by atoms with Gasteiger partial charge in [-0.25, -0.2) is 4.98 Å². The van der Waals surface area contributed by atoms with Crippen LogP contribution in [0.4, 0.5) is 0 Å². The van der Waals surface area contributed by atoms with Gasteiger partial charge in [-0.3, -0.25) is 0 Å². The average molecular weight is 226 g/mol. The van der Waals surface area contributed by atoms with Crippen LogP contribution in [0.2, 0.25) is 0 Å². The molecule has 0 amide bonds. The number of hydrogen-bond donors (Lipinski definition) is 1. The van der Waals surface area contributed by atoms with Gasteiger partial charge in [0, 0.05) is 17.1 Å². The van der Waals surface area contributed by atoms with Crippen LogP contribution in [0, 0.1) is 12.3 Å². The fraction of sp³-hybridized carbons (Fsp3) is 0.750. The van der Waals surface area contributed by atoms with E-state index in [0.717, 1.165) is 11.6 Å². The molecule has 0 fully saturated rings. The number of thiazole rings is 1. The highest BCUT2D eigenvalue weighted by Gasteiger charge is 2.26. The number of nitrogens with zero attached hydrogens (tertiary/aromatic N) is 1. The molecule has 1 heterocycles. The summed E-state index contributed by atoms with van der Waals surface area (Å²) in [6.45, 7) is 12.2. The van der Waals surface area contributed by atoms with Crippen LogP contribution in [0.1, 0.15) is 50.0 Å². The maximum atomic E-state index is 4.34. The van der Waals surface area contributed by atoms with E-state index in [-0.39, 0.29) is 5.41 Å². The van der Waals surface area contributed by atoms with E-state index >= 15 is 0 Å². The second kappa shape index (κ2) is 5.08. The Kier molecular flexibility index (Phi) is 4.29. The Bertz CT molecular complexity index is 299. The lowest BCUT2D eigenvalue weighted by molar-refractivity contribution is 0.277. The largest absolute Gasteiger partial charge is 0.309 e. The fourth-order valence-corrected chi connectivity index (χ4v) is 2.74. The Labute approximate surface area is 97.1 Å². The molecule has 0 aromatic carbocycles. The van der Waals surface area contributed by atoms with Crippen LogP contribution >= 0.6 is 11.3 Å². The van der Waals surface area contributed by atoms with Gasteiger partial charge in [0.25, 0.3) is 0 Å². The Balaban J connectivity index is 2.81. The first-order chi connectivity index (χ1) is 6.95. The van der Waals surface area contributed by atoms with Gasteiger partial charge in [0.1, 0.15) is 0 Å². The molecule has 1 aromatic rings. The van der Waals surface area contributed by atoms with E-state index in [9.17, 15) is 0 Å². The molecule has 0 aliphatic heterocycles. The van der Waals surface area contributed by atoms with Crippen LogP contribution in [0.15, 0.2) is 6.20 Å². The van der Waals surface area contributed by atoms with Crippen LogP contribution in [0.5, 0.6) is 0 Å². The first-order valence-electron chi connectivity index (χ1n) is 5.61. The number of aromatic nitrogens is 1. The van der Waals surface area contributed by atoms with Crippen molar-refractivity contribution in [2.24, 2.45) is 5.41 Å². The second-order valence-electron chi connectivity index (χ2n) is 5.03. The zero-order chi connectivity index (χ0) is 11.5. The van der Waals surface area contributed by atoms with Crippen molar-refractivity contribution in [2.75, 3.05) is 6.54 Å². The molecule has 86 valence electrons. The highest BCUT2D eigenvalue weighted by molar-refractivity contribution is 7.11. The maximum Gasteiger partial charge on any atom is 0.0897 e. The van der Waals surface area contributed by atoms with E-state index in [2.05, 4.69) is 44.9 Å². The first kappa shape index (κ1) is 12.7. The van der Waals surface area contributed by atoms with E-state index in [1.165, 1.54) is 11.3 Å². The molecule has 1 aromatic heterocycles. The van der Waals surface area contributed by atoms with Gasteiger partial charge in [-0.05, 0) is 25.3 Å². The van der Waals surface area contributed by atoms with Gasteiger partial charge in [0.15, 0.2) is 0 Å². The van der Waals surface area contributed by atoms with Gasteiger partial charge in [-0.2, -0.15) is 0 Å². The summed E-state index contributed by atoms with van der Waals surface area (Å²) in [5.74, 6) is 0. The molecule has 15 heavy (non-hydrogen) atoms. The standard InChI is InChI=1S/C12H22N2S/c1-6-7-13-11(12(3,4)5)10-8-14-9(2)15-10/h8,11,13H,6-7H2,1-5H3. The Morgan fingerprint density at radius 1 is 1.47 bits per heavy atom. The van der Waals surface area contributed by atoms with Crippen molar-refractivity contribution in [3.8, 4) is 0 Å². The van der Waals surface area contributed by atoms with Crippen molar-refractivity contribution >= 4 is 11.3 Å². The fourth-order valence-electron chi connectivity index (χ4n) is 1.63. The molecule has 1 unspecified atom stereocenters. The van der Waals surface area contributed by atoms with E-state index in [1.807, 2.05) is 6.20 Å². The van der Waals surface area contributed by atoms with Crippen molar-refractivity contribution in [2.45, 2.75) is 47.1 Å². The van der Waals surface area contributed by atoms with Crippen LogP contribution in [0.3, 0.4) is 0 Å². The van der Waals surface area contributed by atoms with Crippen LogP contribution in [-0.4, -0.2) is 11.5 Å². The van der Waals surface area contributed by atoms with Gasteiger partial charge in [-0.15, -0.1) is 11.3 Å². The van der Waals surface area contributed by atoms with Crippen LogP contribution in [0.25, 0.3) is 0 Å². The van der Waals surface area contributed by atoms with Crippen molar-refractivity contribution < 1.29 is 0 Å². The minimum Gasteiger partial charge on any atom is -0.309 e. The summed E-state index contributed by atoms with van der Waals surface area (Å²) in [6.07, 6.45) is 3.18. The molecule has 0 saturated carbocycles. The number of nitrogens with one attached hydrogen (secondary N) is 1. The second-order valence-corrected chi connectivity index (χ2v) is 6.30. The zero-order valence-corrected chi connectivity index (χ0v) is 11.2. The smallest absolute Gasteiger partial charge is 0.0897 e. The molecular weight excluding hydrogens is 204 g/mol. The predicted molar refractivity (Wildman–Crippen MR) is 67.3 cm³/mol. The lowest BCUT2D eigenvalue weighted by Gasteiger charge is -2.30. The third-order valence-electron chi connectivity index (χ3n) is 2.39. The molecule has 0 bridgehead atoms. The summed E-state index contributed by atoms with van der Waals surface area (Å²) < 4.78 is 0. The molecule has 0 spiro atoms. The summed E-state index contributed by atoms with van der Waals surface area (Å²) in [7, 11) is 0. The predicted octanol–water partition coefficient (Wildman–Crippen LogP) is 3.54. The first-order valence-corrected chi connectivity index (χ1v) is 6.42. The zero-order valence-electron chi connectivity index (χ0n) is 10.4. The summed E-state index contributed by atoms with van der Waals surface area (Å²) in [5.41, 5.74) is 0.244. The molecule has 1 N–H and O–H groups in total. The molecule has 0 radical (unpaired) electrons. The molecule has 0 saturated heterocycles. The monoisotopic (exact) mass is 226 g/mol. The summed E-state index contributed by atoms with van der Waals surface area (Å²) in [5, 5.41) is 4.76. The lowest BCUT2D eigenvalue weighted by Crippen LogP contribution is -2.32. The topological polar surface area (TPSA) is 24.9 Å². The normalized spacial score (nSPS) is 14.2. The van der Waals surface area contributed by atoms with Gasteiger partial charge in [0.05, 0.1) is 5.01 Å². The minimum atomic E-state index is 0.244. The molecule has 3 heteroatoms. The number of aryl methyl sites for hydroxylation is 1. The Hall–Kier alpha value is -0.410. The molecule has 0 aliphatic rings. The van der Waals surface area contributed by atoms with Crippen LogP contribution < -0.4 is 5.32 Å². The molecule has 0 aliphatic carbocycles. The SMILES string of the molecule is CCCNC(c1cnc(C)s1)C(C)(C)C. The summed E-state index contributed by atoms with van der Waals surface area (Å²) >= 11 is 1.80. The van der Waals surface area contributed by atoms with Crippen molar-refractivity contribution in [3.63, 3.8) is 0 Å². The summed E-state index contributed by atoms with van der Waals surface area (Å²) in [4.78, 5) is 5.69. The van der Waals surface area contributed by atoms with E-state index in [0.29, 0.717) is 6.04 Å². The summed E-state index contributed by atoms with van der Waals surface area (Å²) in [6, 6.07) is 0.420. The highest BCUT2D eigenvalue weighted by Crippen LogP contribution is 2.35. The molecule has 1 rings (SSSR count). The van der Waals surface area contributed by atoms with Gasteiger partial charge in [0.2, 0.25) is 0 Å². The van der Waals surface area contributed by atoms with Crippen molar-refractivity contribution in [1.82, 2.24) is 10.3 Å². The number of rotatable bonds is 4. The van der Waals surface area contributed by atoms with Gasteiger partial charge >= 0.3 is 0 Å². The number of hydrogen-bond acceptors (Lipinski definition) is 3. The maximum absolute atomic E-state index is 4.34. The molecular formula is C12H22N2S. The van der Waals surface area contributed by atoms with Crippen molar-refractivity contribution in [3.05, 3.63) is 16.1 Å². The van der Waals surface area contributed by atoms with Gasteiger partial charge in [-0.1, -0.05) is 27.7 Å². The minimum absolute atomic E-state index is 0.244. The third-order valence-corrected chi connectivity index (χ3v) is 3.37. The van der Waals surface area contributed by atoms with E-state index in [1.54, 1.807) is 11.3 Å². The lowest BCUT2D eigenvalue weighted by atomic mass is 9.86. The van der Waals surface area contributed by atoms with Crippen molar-refractivity contribution in [1.29, 1.82) is 0 Å². The quantitative estimate of drug-likeness (QED) is 0.849. The third kappa shape index (κ3) is 3.58. The van der Waals surface area contributed by atoms with E-state index in [4.69, 9.17) is 0 Å².